The largest absolute Gasteiger partial charge is 0.368 e. The molecule has 8 heteroatoms. The van der Waals surface area contributed by atoms with Gasteiger partial charge in [0.05, 0.1) is 11.3 Å². The van der Waals surface area contributed by atoms with Crippen LogP contribution in [-0.4, -0.2) is 48.4 Å². The first-order valence-corrected chi connectivity index (χ1v) is 11.3. The number of piperidine rings is 1. The van der Waals surface area contributed by atoms with Gasteiger partial charge >= 0.3 is 0 Å². The van der Waals surface area contributed by atoms with Crippen molar-refractivity contribution in [3.63, 3.8) is 0 Å². The average molecular weight is 456 g/mol. The predicted molar refractivity (Wildman–Crippen MR) is 123 cm³/mol. The number of likely N-dealkylation sites (tertiary alicyclic amines) is 1. The normalized spacial score (nSPS) is 18.3. The van der Waals surface area contributed by atoms with Crippen molar-refractivity contribution in [1.29, 1.82) is 0 Å². The minimum atomic E-state index is -0.456. The molecule has 4 rings (SSSR count). The monoisotopic (exact) mass is 455 g/mol. The fourth-order valence-electron chi connectivity index (χ4n) is 4.01. The van der Waals surface area contributed by atoms with Gasteiger partial charge in [-0.25, -0.2) is 0 Å². The number of rotatable bonds is 5. The van der Waals surface area contributed by atoms with Crippen molar-refractivity contribution < 1.29 is 19.1 Å². The molecular formula is C24H26ClN3O4. The highest BCUT2D eigenvalue weighted by Gasteiger charge is 2.24. The number of halogens is 1. The lowest BCUT2D eigenvalue weighted by atomic mass is 10.1. The average Bonchev–Trinajstić information content (AvgIpc) is 3.35. The molecule has 0 aromatic heterocycles. The summed E-state index contributed by atoms with van der Waals surface area (Å²) in [5.41, 5.74) is 1.64. The van der Waals surface area contributed by atoms with E-state index in [1.165, 1.54) is 0 Å². The second-order valence-electron chi connectivity index (χ2n) is 8.07. The molecule has 1 atom stereocenters. The van der Waals surface area contributed by atoms with E-state index in [0.717, 1.165) is 25.7 Å². The van der Waals surface area contributed by atoms with Crippen molar-refractivity contribution in [2.75, 3.05) is 30.3 Å². The first-order chi connectivity index (χ1) is 15.5. The molecule has 0 saturated carbocycles. The molecule has 2 saturated heterocycles. The molecular weight excluding hydrogens is 430 g/mol. The van der Waals surface area contributed by atoms with Gasteiger partial charge in [-0.1, -0.05) is 17.7 Å². The Balaban J connectivity index is 1.49. The summed E-state index contributed by atoms with van der Waals surface area (Å²) in [5.74, 6) is -0.730. The maximum absolute atomic E-state index is 13.0. The third-order valence-corrected chi connectivity index (χ3v) is 5.95. The fraction of sp³-hybridized carbons (Fsp3) is 0.375. The van der Waals surface area contributed by atoms with Crippen molar-refractivity contribution in [2.24, 2.45) is 0 Å². The van der Waals surface area contributed by atoms with E-state index >= 15 is 0 Å². The Hall–Kier alpha value is -2.90. The van der Waals surface area contributed by atoms with Gasteiger partial charge < -0.3 is 20.3 Å². The van der Waals surface area contributed by atoms with Gasteiger partial charge in [-0.3, -0.25) is 14.4 Å². The third-order valence-electron chi connectivity index (χ3n) is 5.72. The van der Waals surface area contributed by atoms with Crippen LogP contribution in [0.25, 0.3) is 0 Å². The van der Waals surface area contributed by atoms with Gasteiger partial charge in [-0.15, -0.1) is 0 Å². The van der Waals surface area contributed by atoms with Gasteiger partial charge in [0.1, 0.15) is 6.10 Å². The number of amides is 3. The summed E-state index contributed by atoms with van der Waals surface area (Å²) in [6, 6.07) is 11.5. The lowest BCUT2D eigenvalue weighted by Gasteiger charge is -2.27. The van der Waals surface area contributed by atoms with Crippen LogP contribution in [0.3, 0.4) is 0 Å². The Labute approximate surface area is 192 Å². The van der Waals surface area contributed by atoms with Crippen LogP contribution in [0.15, 0.2) is 42.5 Å². The predicted octanol–water partition coefficient (Wildman–Crippen LogP) is 4.34. The minimum absolute atomic E-state index is 0.116. The highest BCUT2D eigenvalue weighted by Crippen LogP contribution is 2.25. The zero-order valence-electron chi connectivity index (χ0n) is 17.7. The summed E-state index contributed by atoms with van der Waals surface area (Å²) in [4.78, 5) is 40.1. The maximum atomic E-state index is 13.0. The molecule has 2 aliphatic rings. The smallest absolute Gasteiger partial charge is 0.255 e. The van der Waals surface area contributed by atoms with Crippen molar-refractivity contribution in [3.8, 4) is 0 Å². The molecule has 168 valence electrons. The van der Waals surface area contributed by atoms with Crippen LogP contribution in [0, 0.1) is 0 Å². The Bertz CT molecular complexity index is 1010. The molecule has 0 aliphatic carbocycles. The van der Waals surface area contributed by atoms with Crippen LogP contribution in [0.2, 0.25) is 5.02 Å². The zero-order valence-corrected chi connectivity index (χ0v) is 18.5. The number of anilines is 2. The molecule has 2 N–H and O–H groups in total. The molecule has 2 fully saturated rings. The van der Waals surface area contributed by atoms with Crippen LogP contribution in [0.5, 0.6) is 0 Å². The first kappa shape index (κ1) is 22.3. The fourth-order valence-corrected chi connectivity index (χ4v) is 4.19. The number of carbonyl (C=O) groups excluding carboxylic acids is 3. The topological polar surface area (TPSA) is 87.7 Å². The van der Waals surface area contributed by atoms with Gasteiger partial charge in [0.15, 0.2) is 0 Å². The standard InChI is InChI=1S/C24H26ClN3O4/c25-17-9-10-19(24(31)28-11-2-1-3-12-28)20(15-17)27-22(29)16-6-4-7-18(14-16)26-23(30)21-8-5-13-32-21/h4,6-7,9-10,14-15,21H,1-3,5,8,11-13H2,(H,26,30)(H,27,29). The molecule has 2 heterocycles. The zero-order chi connectivity index (χ0) is 22.5. The van der Waals surface area contributed by atoms with Gasteiger partial charge in [-0.05, 0) is 68.5 Å². The number of hydrogen-bond acceptors (Lipinski definition) is 4. The summed E-state index contributed by atoms with van der Waals surface area (Å²) >= 11 is 6.15. The third kappa shape index (κ3) is 5.29. The molecule has 0 spiro atoms. The Morgan fingerprint density at radius 2 is 1.78 bits per heavy atom. The molecule has 3 amide bonds. The number of nitrogens with zero attached hydrogens (tertiary/aromatic N) is 1. The van der Waals surface area contributed by atoms with E-state index in [2.05, 4.69) is 10.6 Å². The second kappa shape index (κ2) is 10.1. The van der Waals surface area contributed by atoms with Crippen molar-refractivity contribution in [2.45, 2.75) is 38.2 Å². The van der Waals surface area contributed by atoms with E-state index in [-0.39, 0.29) is 11.8 Å². The highest BCUT2D eigenvalue weighted by molar-refractivity contribution is 6.31. The summed E-state index contributed by atoms with van der Waals surface area (Å²) in [6.45, 7) is 2.00. The lowest BCUT2D eigenvalue weighted by molar-refractivity contribution is -0.124. The molecule has 2 aromatic rings. The second-order valence-corrected chi connectivity index (χ2v) is 8.51. The summed E-state index contributed by atoms with van der Waals surface area (Å²) in [6.07, 6.45) is 4.17. The van der Waals surface area contributed by atoms with Crippen LogP contribution in [0.4, 0.5) is 11.4 Å². The number of nitrogens with one attached hydrogen (secondary N) is 2. The SMILES string of the molecule is O=C(Nc1cc(Cl)ccc1C(=O)N1CCCCC1)c1cccc(NC(=O)C2CCCO2)c1. The van der Waals surface area contributed by atoms with Gasteiger partial charge in [0.25, 0.3) is 17.7 Å². The first-order valence-electron chi connectivity index (χ1n) is 10.9. The van der Waals surface area contributed by atoms with E-state index in [4.69, 9.17) is 16.3 Å². The number of hydrogen-bond donors (Lipinski definition) is 2. The van der Waals surface area contributed by atoms with Crippen LogP contribution in [0.1, 0.15) is 52.8 Å². The van der Waals surface area contributed by atoms with Crippen molar-refractivity contribution in [3.05, 3.63) is 58.6 Å². The van der Waals surface area contributed by atoms with Gasteiger partial charge in [-0.2, -0.15) is 0 Å². The van der Waals surface area contributed by atoms with Crippen molar-refractivity contribution in [1.82, 2.24) is 4.90 Å². The molecule has 2 aromatic carbocycles. The lowest BCUT2D eigenvalue weighted by Crippen LogP contribution is -2.36. The molecule has 0 radical (unpaired) electrons. The molecule has 2 aliphatic heterocycles. The summed E-state index contributed by atoms with van der Waals surface area (Å²) < 4.78 is 5.40. The van der Waals surface area contributed by atoms with Gasteiger partial charge in [0, 0.05) is 36.0 Å². The van der Waals surface area contributed by atoms with Crippen molar-refractivity contribution >= 4 is 40.7 Å². The molecule has 1 unspecified atom stereocenters. The van der Waals surface area contributed by atoms with E-state index in [1.807, 2.05) is 4.90 Å². The number of benzene rings is 2. The summed E-state index contributed by atoms with van der Waals surface area (Å²) in [7, 11) is 0. The van der Waals surface area contributed by atoms with Crippen LogP contribution >= 0.6 is 11.6 Å². The number of ether oxygens (including phenoxy) is 1. The Kier molecular flexibility index (Phi) is 7.07. The van der Waals surface area contributed by atoms with Crippen LogP contribution in [-0.2, 0) is 9.53 Å². The van der Waals surface area contributed by atoms with E-state index in [1.54, 1.807) is 42.5 Å². The Morgan fingerprint density at radius 1 is 0.969 bits per heavy atom. The summed E-state index contributed by atoms with van der Waals surface area (Å²) in [5, 5.41) is 6.04. The maximum Gasteiger partial charge on any atom is 0.255 e. The van der Waals surface area contributed by atoms with Gasteiger partial charge in [0.2, 0.25) is 0 Å². The van der Waals surface area contributed by atoms with E-state index in [0.29, 0.717) is 53.6 Å². The van der Waals surface area contributed by atoms with Crippen LogP contribution < -0.4 is 10.6 Å². The Morgan fingerprint density at radius 3 is 2.53 bits per heavy atom. The van der Waals surface area contributed by atoms with E-state index in [9.17, 15) is 14.4 Å². The highest BCUT2D eigenvalue weighted by atomic mass is 35.5. The number of carbonyl (C=O) groups is 3. The molecule has 32 heavy (non-hydrogen) atoms. The molecule has 0 bridgehead atoms. The minimum Gasteiger partial charge on any atom is -0.368 e. The quantitative estimate of drug-likeness (QED) is 0.702. The van der Waals surface area contributed by atoms with E-state index < -0.39 is 12.0 Å². The molecule has 7 nitrogen and oxygen atoms in total.